The second-order valence-corrected chi connectivity index (χ2v) is 4.97. The maximum absolute atomic E-state index is 11.0. The first-order chi connectivity index (χ1) is 6.90. The van der Waals surface area contributed by atoms with E-state index in [9.17, 15) is 4.79 Å². The molecule has 5 nitrogen and oxygen atoms in total. The van der Waals surface area contributed by atoms with Crippen LogP contribution in [-0.2, 0) is 16.8 Å². The molecule has 0 bridgehead atoms. The Balaban J connectivity index is 2.43. The average Bonchev–Trinajstić information content (AvgIpc) is 2.45. The van der Waals surface area contributed by atoms with E-state index in [2.05, 4.69) is 31.2 Å². The quantitative estimate of drug-likeness (QED) is 0.714. The van der Waals surface area contributed by atoms with Gasteiger partial charge < -0.3 is 10.1 Å². The molecule has 1 atom stereocenters. The summed E-state index contributed by atoms with van der Waals surface area (Å²) in [4.78, 5) is 18.3. The Bertz CT molecular complexity index is 413. The third-order valence-corrected chi connectivity index (χ3v) is 2.96. The number of rotatable bonds is 1. The number of aromatic nitrogens is 2. The molecule has 1 aliphatic heterocycles. The molecule has 0 aliphatic carbocycles. The van der Waals surface area contributed by atoms with Gasteiger partial charge in [-0.3, -0.25) is 10.1 Å². The second-order valence-electron chi connectivity index (χ2n) is 4.22. The summed E-state index contributed by atoms with van der Waals surface area (Å²) in [5.74, 6) is -0.834. The summed E-state index contributed by atoms with van der Waals surface area (Å²) in [6, 6.07) is -0.556. The van der Waals surface area contributed by atoms with Gasteiger partial charge >= 0.3 is 5.97 Å². The van der Waals surface area contributed by atoms with E-state index in [1.165, 1.54) is 0 Å². The largest absolute Gasteiger partial charge is 0.480 e. The van der Waals surface area contributed by atoms with Gasteiger partial charge in [0.05, 0.1) is 11.2 Å². The van der Waals surface area contributed by atoms with Crippen LogP contribution in [0.25, 0.3) is 0 Å². The van der Waals surface area contributed by atoms with Crippen LogP contribution in [0.4, 0.5) is 0 Å². The summed E-state index contributed by atoms with van der Waals surface area (Å²) in [5, 5.41) is 12.1. The minimum absolute atomic E-state index is 0.418. The summed E-state index contributed by atoms with van der Waals surface area (Å²) >= 11 is 3.26. The number of hydrogen-bond acceptors (Lipinski definition) is 3. The van der Waals surface area contributed by atoms with Gasteiger partial charge in [-0.2, -0.15) is 0 Å². The zero-order valence-electron chi connectivity index (χ0n) is 8.47. The molecule has 6 heteroatoms. The lowest BCUT2D eigenvalue weighted by Gasteiger charge is -2.33. The number of aromatic amines is 1. The zero-order valence-corrected chi connectivity index (χ0v) is 10.1. The van der Waals surface area contributed by atoms with Crippen molar-refractivity contribution < 1.29 is 9.90 Å². The van der Waals surface area contributed by atoms with Gasteiger partial charge in [-0.25, -0.2) is 4.98 Å². The summed E-state index contributed by atoms with van der Waals surface area (Å²) in [5.41, 5.74) is 1.35. The number of nitrogens with zero attached hydrogens (tertiary/aromatic N) is 1. The number of aliphatic carboxylic acids is 1. The lowest BCUT2D eigenvalue weighted by molar-refractivity contribution is -0.140. The van der Waals surface area contributed by atoms with E-state index in [1.807, 2.05) is 13.8 Å². The van der Waals surface area contributed by atoms with Gasteiger partial charge in [0.15, 0.2) is 4.73 Å². The molecule has 0 saturated carbocycles. The molecule has 1 aliphatic rings. The van der Waals surface area contributed by atoms with Crippen LogP contribution in [0.3, 0.4) is 0 Å². The number of imidazole rings is 1. The Morgan fingerprint density at radius 2 is 2.33 bits per heavy atom. The van der Waals surface area contributed by atoms with Gasteiger partial charge in [-0.1, -0.05) is 0 Å². The summed E-state index contributed by atoms with van der Waals surface area (Å²) in [6.45, 7) is 3.85. The molecule has 0 radical (unpaired) electrons. The Morgan fingerprint density at radius 3 is 2.93 bits per heavy atom. The summed E-state index contributed by atoms with van der Waals surface area (Å²) in [7, 11) is 0. The van der Waals surface area contributed by atoms with E-state index in [1.54, 1.807) is 0 Å². The van der Waals surface area contributed by atoms with Crippen LogP contribution in [0, 0.1) is 0 Å². The predicted octanol–water partition coefficient (Wildman–Crippen LogP) is 1.01. The topological polar surface area (TPSA) is 78.0 Å². The Morgan fingerprint density at radius 1 is 1.67 bits per heavy atom. The van der Waals surface area contributed by atoms with E-state index in [0.717, 1.165) is 11.4 Å². The number of H-pyrrole nitrogens is 1. The highest BCUT2D eigenvalue weighted by Crippen LogP contribution is 2.29. The van der Waals surface area contributed by atoms with Gasteiger partial charge in [0.1, 0.15) is 6.04 Å². The molecule has 0 saturated heterocycles. The highest BCUT2D eigenvalue weighted by atomic mass is 79.9. The maximum Gasteiger partial charge on any atom is 0.321 e. The number of fused-ring (bicyclic) bond motifs is 1. The van der Waals surface area contributed by atoms with Crippen molar-refractivity contribution in [1.82, 2.24) is 15.3 Å². The van der Waals surface area contributed by atoms with Crippen LogP contribution in [0.5, 0.6) is 0 Å². The SMILES string of the molecule is CC1(C)NC(C(=O)O)Cc2[nH]c(Br)nc21. The monoisotopic (exact) mass is 273 g/mol. The average molecular weight is 274 g/mol. The molecule has 1 aromatic heterocycles. The lowest BCUT2D eigenvalue weighted by Crippen LogP contribution is -2.52. The highest BCUT2D eigenvalue weighted by molar-refractivity contribution is 9.10. The van der Waals surface area contributed by atoms with Crippen LogP contribution in [0.2, 0.25) is 0 Å². The van der Waals surface area contributed by atoms with E-state index in [0.29, 0.717) is 11.2 Å². The van der Waals surface area contributed by atoms with Crippen molar-refractivity contribution in [3.63, 3.8) is 0 Å². The van der Waals surface area contributed by atoms with Crippen molar-refractivity contribution >= 4 is 21.9 Å². The molecule has 3 N–H and O–H groups in total. The standard InChI is InChI=1S/C9H12BrN3O2/c1-9(2)6-4(11-8(10)12-6)3-5(13-9)7(14)15/h5,13H,3H2,1-2H3,(H,11,12)(H,14,15). The van der Waals surface area contributed by atoms with Crippen molar-refractivity contribution in [2.24, 2.45) is 0 Å². The van der Waals surface area contributed by atoms with E-state index < -0.39 is 17.6 Å². The van der Waals surface area contributed by atoms with Gasteiger partial charge in [-0.15, -0.1) is 0 Å². The summed E-state index contributed by atoms with van der Waals surface area (Å²) in [6.07, 6.45) is 0.437. The fourth-order valence-corrected chi connectivity index (χ4v) is 2.37. The van der Waals surface area contributed by atoms with Gasteiger partial charge in [0.2, 0.25) is 0 Å². The third kappa shape index (κ3) is 1.79. The molecule has 2 rings (SSSR count). The fourth-order valence-electron chi connectivity index (χ4n) is 1.95. The number of carboxylic acid groups (broad SMARTS) is 1. The van der Waals surface area contributed by atoms with Crippen LogP contribution in [0.15, 0.2) is 4.73 Å². The van der Waals surface area contributed by atoms with Crippen molar-refractivity contribution in [2.45, 2.75) is 31.8 Å². The predicted molar refractivity (Wildman–Crippen MR) is 57.6 cm³/mol. The molecule has 1 unspecified atom stereocenters. The fraction of sp³-hybridized carbons (Fsp3) is 0.556. The van der Waals surface area contributed by atoms with Crippen LogP contribution < -0.4 is 5.32 Å². The Hall–Kier alpha value is -0.880. The van der Waals surface area contributed by atoms with Crippen molar-refractivity contribution in [2.75, 3.05) is 0 Å². The molecule has 0 spiro atoms. The van der Waals surface area contributed by atoms with E-state index in [4.69, 9.17) is 5.11 Å². The van der Waals surface area contributed by atoms with Gasteiger partial charge in [-0.05, 0) is 29.8 Å². The smallest absolute Gasteiger partial charge is 0.321 e. The number of nitrogens with one attached hydrogen (secondary N) is 2. The van der Waals surface area contributed by atoms with Crippen molar-refractivity contribution in [3.8, 4) is 0 Å². The first kappa shape index (κ1) is 10.6. The molecular weight excluding hydrogens is 262 g/mol. The first-order valence-corrected chi connectivity index (χ1v) is 5.45. The molecule has 15 heavy (non-hydrogen) atoms. The summed E-state index contributed by atoms with van der Waals surface area (Å²) < 4.78 is 0.647. The Kier molecular flexibility index (Phi) is 2.35. The van der Waals surface area contributed by atoms with Crippen LogP contribution in [0.1, 0.15) is 25.2 Å². The molecule has 0 aromatic carbocycles. The molecular formula is C9H12BrN3O2. The van der Waals surface area contributed by atoms with Crippen LogP contribution in [-0.4, -0.2) is 27.1 Å². The molecule has 0 amide bonds. The normalized spacial score (nSPS) is 23.5. The molecule has 0 fully saturated rings. The minimum atomic E-state index is -0.834. The van der Waals surface area contributed by atoms with Gasteiger partial charge in [0.25, 0.3) is 0 Å². The number of hydrogen-bond donors (Lipinski definition) is 3. The molecule has 1 aromatic rings. The van der Waals surface area contributed by atoms with Crippen molar-refractivity contribution in [3.05, 3.63) is 16.1 Å². The lowest BCUT2D eigenvalue weighted by atomic mass is 9.90. The van der Waals surface area contributed by atoms with Gasteiger partial charge in [0, 0.05) is 12.1 Å². The molecule has 2 heterocycles. The van der Waals surface area contributed by atoms with E-state index >= 15 is 0 Å². The second kappa shape index (κ2) is 3.31. The highest BCUT2D eigenvalue weighted by Gasteiger charge is 2.37. The molecule has 82 valence electrons. The number of carbonyl (C=O) groups is 1. The Labute approximate surface area is 95.4 Å². The van der Waals surface area contributed by atoms with Crippen LogP contribution >= 0.6 is 15.9 Å². The maximum atomic E-state index is 11.0. The van der Waals surface area contributed by atoms with Crippen molar-refractivity contribution in [1.29, 1.82) is 0 Å². The minimum Gasteiger partial charge on any atom is -0.480 e. The third-order valence-electron chi connectivity index (χ3n) is 2.58. The van der Waals surface area contributed by atoms with E-state index in [-0.39, 0.29) is 0 Å². The first-order valence-electron chi connectivity index (χ1n) is 4.65. The number of halogens is 1. The zero-order chi connectivity index (χ0) is 11.2. The number of carboxylic acids is 1.